The highest BCUT2D eigenvalue weighted by Gasteiger charge is 2.10. The van der Waals surface area contributed by atoms with E-state index in [2.05, 4.69) is 15.4 Å². The van der Waals surface area contributed by atoms with Gasteiger partial charge in [-0.15, -0.1) is 5.10 Å². The summed E-state index contributed by atoms with van der Waals surface area (Å²) >= 11 is 1.23. The summed E-state index contributed by atoms with van der Waals surface area (Å²) in [6.45, 7) is 1.49. The number of anilines is 1. The zero-order valence-electron chi connectivity index (χ0n) is 15.3. The van der Waals surface area contributed by atoms with Crippen LogP contribution in [-0.2, 0) is 4.79 Å². The number of ether oxygens (including phenoxy) is 1. The average Bonchev–Trinajstić information content (AvgIpc) is 3.20. The number of rotatable bonds is 5. The Kier molecular flexibility index (Phi) is 5.05. The van der Waals surface area contributed by atoms with Crippen molar-refractivity contribution >= 4 is 34.0 Å². The van der Waals surface area contributed by atoms with Crippen LogP contribution in [0.2, 0.25) is 0 Å². The number of fused-ring (bicyclic) bond motifs is 1. The number of carbonyl (C=O) groups is 1. The third-order valence-corrected chi connectivity index (χ3v) is 4.94. The van der Waals surface area contributed by atoms with Crippen LogP contribution in [0.5, 0.6) is 5.75 Å². The van der Waals surface area contributed by atoms with Gasteiger partial charge in [-0.1, -0.05) is 29.5 Å². The van der Waals surface area contributed by atoms with E-state index in [4.69, 9.17) is 4.74 Å². The van der Waals surface area contributed by atoms with Gasteiger partial charge >= 0.3 is 0 Å². The molecule has 0 aliphatic carbocycles. The molecule has 29 heavy (non-hydrogen) atoms. The number of aromatic nitrogens is 3. The minimum atomic E-state index is -0.384. The van der Waals surface area contributed by atoms with Crippen LogP contribution in [0.1, 0.15) is 11.4 Å². The second-order valence-electron chi connectivity index (χ2n) is 6.15. The van der Waals surface area contributed by atoms with E-state index in [1.807, 2.05) is 6.07 Å². The van der Waals surface area contributed by atoms with Gasteiger partial charge in [-0.25, -0.2) is 9.37 Å². The minimum absolute atomic E-state index is 0.235. The van der Waals surface area contributed by atoms with E-state index in [9.17, 15) is 14.0 Å². The fourth-order valence-electron chi connectivity index (χ4n) is 2.68. The van der Waals surface area contributed by atoms with Gasteiger partial charge in [0.15, 0.2) is 6.61 Å². The molecule has 0 aliphatic heterocycles. The molecule has 0 radical (unpaired) electrons. The number of para-hydroxylation sites is 1. The molecule has 2 aromatic heterocycles. The Bertz CT molecular complexity index is 1300. The summed E-state index contributed by atoms with van der Waals surface area (Å²) in [5.74, 6) is 0.227. The number of halogens is 1. The lowest BCUT2D eigenvalue weighted by Gasteiger charge is -2.09. The fraction of sp³-hybridized carbons (Fsp3) is 0.100. The zero-order chi connectivity index (χ0) is 20.4. The van der Waals surface area contributed by atoms with Gasteiger partial charge in [0.25, 0.3) is 11.5 Å². The Labute approximate surface area is 168 Å². The van der Waals surface area contributed by atoms with Crippen LogP contribution in [0.3, 0.4) is 0 Å². The monoisotopic (exact) mass is 410 g/mol. The lowest BCUT2D eigenvalue weighted by molar-refractivity contribution is -0.118. The van der Waals surface area contributed by atoms with E-state index in [0.29, 0.717) is 32.3 Å². The van der Waals surface area contributed by atoms with E-state index in [-0.39, 0.29) is 23.9 Å². The topological polar surface area (TPSA) is 85.6 Å². The number of carbonyl (C=O) groups excluding carboxylic acids is 1. The molecule has 7 nitrogen and oxygen atoms in total. The SMILES string of the molecule is Cc1nc2s/c(=C\c3ccccc3OCC(=O)Nc3ccc(F)cc3)c(=O)n2n1. The normalized spacial score (nSPS) is 11.7. The van der Waals surface area contributed by atoms with Crippen molar-refractivity contribution in [1.29, 1.82) is 0 Å². The van der Waals surface area contributed by atoms with Gasteiger partial charge in [0.1, 0.15) is 17.4 Å². The molecule has 0 atom stereocenters. The Morgan fingerprint density at radius 2 is 2.00 bits per heavy atom. The quantitative estimate of drug-likeness (QED) is 0.545. The molecule has 4 rings (SSSR count). The average molecular weight is 410 g/mol. The maximum absolute atomic E-state index is 12.9. The number of thiazole rings is 1. The second-order valence-corrected chi connectivity index (χ2v) is 7.16. The van der Waals surface area contributed by atoms with Crippen molar-refractivity contribution in [2.24, 2.45) is 0 Å². The van der Waals surface area contributed by atoms with Crippen molar-refractivity contribution in [3.63, 3.8) is 0 Å². The molecule has 1 amide bonds. The van der Waals surface area contributed by atoms with E-state index in [1.165, 1.54) is 40.1 Å². The summed E-state index contributed by atoms with van der Waals surface area (Å²) in [6, 6.07) is 12.5. The van der Waals surface area contributed by atoms with Gasteiger partial charge < -0.3 is 10.1 Å². The molecule has 0 saturated heterocycles. The maximum Gasteiger partial charge on any atom is 0.291 e. The first-order chi connectivity index (χ1) is 14.0. The lowest BCUT2D eigenvalue weighted by atomic mass is 10.2. The molecule has 0 unspecified atom stereocenters. The third-order valence-electron chi connectivity index (χ3n) is 3.98. The summed E-state index contributed by atoms with van der Waals surface area (Å²) in [5.41, 5.74) is 0.871. The number of benzene rings is 2. The first-order valence-corrected chi connectivity index (χ1v) is 9.46. The number of nitrogens with one attached hydrogen (secondary N) is 1. The van der Waals surface area contributed by atoms with Gasteiger partial charge in [0, 0.05) is 11.3 Å². The molecule has 0 spiro atoms. The van der Waals surface area contributed by atoms with Crippen LogP contribution in [0.15, 0.2) is 53.3 Å². The van der Waals surface area contributed by atoms with Gasteiger partial charge in [-0.2, -0.15) is 4.52 Å². The summed E-state index contributed by atoms with van der Waals surface area (Å²) in [7, 11) is 0. The summed E-state index contributed by atoms with van der Waals surface area (Å²) in [5, 5.41) is 6.71. The molecule has 9 heteroatoms. The molecule has 146 valence electrons. The summed E-state index contributed by atoms with van der Waals surface area (Å²) in [6.07, 6.45) is 1.69. The number of amides is 1. The number of nitrogens with zero attached hydrogens (tertiary/aromatic N) is 3. The van der Waals surface area contributed by atoms with Crippen LogP contribution >= 0.6 is 11.3 Å². The Morgan fingerprint density at radius 3 is 2.76 bits per heavy atom. The van der Waals surface area contributed by atoms with Crippen LogP contribution in [0.4, 0.5) is 10.1 Å². The summed E-state index contributed by atoms with van der Waals surface area (Å²) in [4.78, 5) is 29.3. The molecule has 0 fully saturated rings. The molecular weight excluding hydrogens is 395 g/mol. The van der Waals surface area contributed by atoms with E-state index in [0.717, 1.165) is 0 Å². The van der Waals surface area contributed by atoms with Crippen molar-refractivity contribution in [2.75, 3.05) is 11.9 Å². The standard InChI is InChI=1S/C20H15FN4O3S/c1-12-22-20-25(24-12)19(27)17(29-20)10-13-4-2-3-5-16(13)28-11-18(26)23-15-8-6-14(21)7-9-15/h2-10H,11H2,1H3,(H,23,26)/b17-10-. The summed E-state index contributed by atoms with van der Waals surface area (Å²) < 4.78 is 20.3. The van der Waals surface area contributed by atoms with Crippen molar-refractivity contribution in [3.05, 3.63) is 80.6 Å². The van der Waals surface area contributed by atoms with Crippen molar-refractivity contribution < 1.29 is 13.9 Å². The Morgan fingerprint density at radius 1 is 1.24 bits per heavy atom. The minimum Gasteiger partial charge on any atom is -0.483 e. The molecule has 2 heterocycles. The molecule has 0 bridgehead atoms. The predicted octanol–water partition coefficient (Wildman–Crippen LogP) is 2.16. The van der Waals surface area contributed by atoms with E-state index < -0.39 is 0 Å². The number of aryl methyl sites for hydroxylation is 1. The third kappa shape index (κ3) is 4.14. The van der Waals surface area contributed by atoms with Gasteiger partial charge in [-0.05, 0) is 43.3 Å². The molecule has 0 saturated carbocycles. The van der Waals surface area contributed by atoms with Crippen molar-refractivity contribution in [3.8, 4) is 5.75 Å². The van der Waals surface area contributed by atoms with Crippen molar-refractivity contribution in [1.82, 2.24) is 14.6 Å². The predicted molar refractivity (Wildman–Crippen MR) is 108 cm³/mol. The Balaban J connectivity index is 1.53. The molecule has 2 aromatic carbocycles. The molecular formula is C20H15FN4O3S. The van der Waals surface area contributed by atoms with E-state index >= 15 is 0 Å². The highest BCUT2D eigenvalue weighted by Crippen LogP contribution is 2.19. The second kappa shape index (κ2) is 7.80. The maximum atomic E-state index is 12.9. The van der Waals surface area contributed by atoms with Crippen LogP contribution in [0, 0.1) is 12.7 Å². The Hall–Kier alpha value is -3.59. The first kappa shape index (κ1) is 18.8. The van der Waals surface area contributed by atoms with Gasteiger partial charge in [0.2, 0.25) is 4.96 Å². The van der Waals surface area contributed by atoms with E-state index in [1.54, 1.807) is 31.2 Å². The van der Waals surface area contributed by atoms with Crippen LogP contribution in [0.25, 0.3) is 11.0 Å². The zero-order valence-corrected chi connectivity index (χ0v) is 16.1. The van der Waals surface area contributed by atoms with Gasteiger partial charge in [-0.3, -0.25) is 9.59 Å². The lowest BCUT2D eigenvalue weighted by Crippen LogP contribution is -2.24. The fourth-order valence-corrected chi connectivity index (χ4v) is 3.62. The highest BCUT2D eigenvalue weighted by atomic mass is 32.1. The molecule has 1 N–H and O–H groups in total. The molecule has 0 aliphatic rings. The van der Waals surface area contributed by atoms with Gasteiger partial charge in [0.05, 0.1) is 4.53 Å². The van der Waals surface area contributed by atoms with Crippen LogP contribution < -0.4 is 20.1 Å². The van der Waals surface area contributed by atoms with Crippen LogP contribution in [-0.4, -0.2) is 27.1 Å². The van der Waals surface area contributed by atoms with Crippen molar-refractivity contribution in [2.45, 2.75) is 6.92 Å². The number of hydrogen-bond donors (Lipinski definition) is 1. The first-order valence-electron chi connectivity index (χ1n) is 8.65. The molecule has 4 aromatic rings. The smallest absolute Gasteiger partial charge is 0.291 e. The largest absolute Gasteiger partial charge is 0.483 e. The highest BCUT2D eigenvalue weighted by molar-refractivity contribution is 7.15. The number of hydrogen-bond acceptors (Lipinski definition) is 6.